The molecule has 0 saturated carbocycles. The average Bonchev–Trinajstić information content (AvgIpc) is 3.46. The van der Waals surface area contributed by atoms with Gasteiger partial charge in [-0.05, 0) is 30.0 Å². The number of carboxylic acid groups (broad SMARTS) is 1. The van der Waals surface area contributed by atoms with Crippen LogP contribution in [-0.2, 0) is 17.9 Å². The van der Waals surface area contributed by atoms with Gasteiger partial charge in [0.2, 0.25) is 0 Å². The van der Waals surface area contributed by atoms with Crippen molar-refractivity contribution in [2.45, 2.75) is 32.0 Å². The Bertz CT molecular complexity index is 1050. The van der Waals surface area contributed by atoms with E-state index in [-0.39, 0.29) is 19.2 Å². The highest BCUT2D eigenvalue weighted by Gasteiger charge is 2.33. The number of imidazole rings is 1. The topological polar surface area (TPSA) is 96.7 Å². The maximum absolute atomic E-state index is 12.2. The van der Waals surface area contributed by atoms with Gasteiger partial charge in [-0.25, -0.2) is 14.6 Å². The molecular formula is C23H24N4O4. The van der Waals surface area contributed by atoms with Crippen molar-refractivity contribution in [1.29, 1.82) is 0 Å². The average molecular weight is 420 g/mol. The lowest BCUT2D eigenvalue weighted by Crippen LogP contribution is -2.30. The lowest BCUT2D eigenvalue weighted by Gasteiger charge is -2.23. The van der Waals surface area contributed by atoms with Crippen LogP contribution in [0.4, 0.5) is 9.59 Å². The van der Waals surface area contributed by atoms with Crippen molar-refractivity contribution in [2.75, 3.05) is 6.54 Å². The van der Waals surface area contributed by atoms with Crippen LogP contribution in [0.25, 0.3) is 5.69 Å². The molecule has 8 nitrogen and oxygen atoms in total. The zero-order valence-corrected chi connectivity index (χ0v) is 17.0. The first-order chi connectivity index (χ1) is 15.1. The van der Waals surface area contributed by atoms with Gasteiger partial charge in [-0.15, -0.1) is 0 Å². The van der Waals surface area contributed by atoms with Gasteiger partial charge in [-0.1, -0.05) is 48.5 Å². The second kappa shape index (κ2) is 9.34. The van der Waals surface area contributed by atoms with Crippen molar-refractivity contribution >= 4 is 12.2 Å². The van der Waals surface area contributed by atoms with Gasteiger partial charge >= 0.3 is 12.2 Å². The van der Waals surface area contributed by atoms with Crippen LogP contribution in [0, 0.1) is 0 Å². The number of hydrogen-bond donors (Lipinski definition) is 2. The minimum absolute atomic E-state index is 0.201. The Morgan fingerprint density at radius 2 is 1.90 bits per heavy atom. The fourth-order valence-corrected chi connectivity index (χ4v) is 3.87. The first kappa shape index (κ1) is 20.5. The normalized spacial score (nSPS) is 15.6. The summed E-state index contributed by atoms with van der Waals surface area (Å²) in [7, 11) is 0. The molecule has 2 heterocycles. The molecular weight excluding hydrogens is 396 g/mol. The molecule has 8 heteroatoms. The molecule has 0 spiro atoms. The molecule has 2 N–H and O–H groups in total. The maximum atomic E-state index is 12.2. The standard InChI is InChI=1S/C23H24N4O4/c28-22(31-16-17-7-2-1-3-8-17)25-15-18-9-4-5-10-19(18)26-14-12-24-21(26)20-11-6-13-27(20)23(29)30/h1-5,7-10,12,14,20H,6,11,13,15-16H2,(H,25,28)(H,29,30)/t20-/m0/s1. The van der Waals surface area contributed by atoms with Crippen molar-refractivity contribution in [3.63, 3.8) is 0 Å². The van der Waals surface area contributed by atoms with Crippen LogP contribution >= 0.6 is 0 Å². The monoisotopic (exact) mass is 420 g/mol. The molecule has 1 fully saturated rings. The molecule has 1 aromatic heterocycles. The number of carbonyl (C=O) groups is 2. The van der Waals surface area contributed by atoms with Crippen LogP contribution in [0.3, 0.4) is 0 Å². The summed E-state index contributed by atoms with van der Waals surface area (Å²) < 4.78 is 7.19. The lowest BCUT2D eigenvalue weighted by atomic mass is 10.1. The summed E-state index contributed by atoms with van der Waals surface area (Å²) in [6, 6.07) is 16.8. The Morgan fingerprint density at radius 3 is 2.71 bits per heavy atom. The number of rotatable bonds is 6. The number of nitrogens with one attached hydrogen (secondary N) is 1. The molecule has 1 aliphatic heterocycles. The Morgan fingerprint density at radius 1 is 1.13 bits per heavy atom. The minimum atomic E-state index is -0.937. The van der Waals surface area contributed by atoms with E-state index in [1.165, 1.54) is 4.90 Å². The van der Waals surface area contributed by atoms with E-state index < -0.39 is 12.2 Å². The summed E-state index contributed by atoms with van der Waals surface area (Å²) >= 11 is 0. The third-order valence-corrected chi connectivity index (χ3v) is 5.35. The van der Waals surface area contributed by atoms with Gasteiger partial charge in [0.05, 0.1) is 11.7 Å². The molecule has 0 bridgehead atoms. The maximum Gasteiger partial charge on any atom is 0.407 e. The molecule has 31 heavy (non-hydrogen) atoms. The van der Waals surface area contributed by atoms with Crippen LogP contribution in [0.1, 0.15) is 35.8 Å². The molecule has 2 amide bonds. The smallest absolute Gasteiger partial charge is 0.407 e. The number of ether oxygens (including phenoxy) is 1. The Kier molecular flexibility index (Phi) is 6.16. The summed E-state index contributed by atoms with van der Waals surface area (Å²) in [6.07, 6.45) is 3.59. The lowest BCUT2D eigenvalue weighted by molar-refractivity contribution is 0.137. The van der Waals surface area contributed by atoms with Crippen LogP contribution in [0.2, 0.25) is 0 Å². The fourth-order valence-electron chi connectivity index (χ4n) is 3.87. The molecule has 160 valence electrons. The van der Waals surface area contributed by atoms with Gasteiger partial charge in [-0.2, -0.15) is 0 Å². The predicted octanol–water partition coefficient (Wildman–Crippen LogP) is 4.11. The third kappa shape index (κ3) is 4.69. The SMILES string of the molecule is O=C(NCc1ccccc1-n1ccnc1[C@@H]1CCCN1C(=O)O)OCc1ccccc1. The summed E-state index contributed by atoms with van der Waals surface area (Å²) in [5, 5.41) is 12.3. The van der Waals surface area contributed by atoms with Crippen molar-refractivity contribution in [1.82, 2.24) is 19.8 Å². The quantitative estimate of drug-likeness (QED) is 0.625. The Labute approximate surface area is 180 Å². The van der Waals surface area contributed by atoms with Crippen molar-refractivity contribution in [3.05, 3.63) is 83.9 Å². The zero-order valence-electron chi connectivity index (χ0n) is 17.0. The van der Waals surface area contributed by atoms with Crippen molar-refractivity contribution in [2.24, 2.45) is 0 Å². The van der Waals surface area contributed by atoms with E-state index in [0.717, 1.165) is 29.7 Å². The summed E-state index contributed by atoms with van der Waals surface area (Å²) in [4.78, 5) is 29.6. The number of amides is 2. The van der Waals surface area contributed by atoms with Crippen LogP contribution in [0.15, 0.2) is 67.0 Å². The van der Waals surface area contributed by atoms with Crippen molar-refractivity contribution < 1.29 is 19.4 Å². The zero-order chi connectivity index (χ0) is 21.6. The molecule has 0 aliphatic carbocycles. The first-order valence-electron chi connectivity index (χ1n) is 10.2. The second-order valence-electron chi connectivity index (χ2n) is 7.33. The number of nitrogens with zero attached hydrogens (tertiary/aromatic N) is 3. The van der Waals surface area contributed by atoms with E-state index in [9.17, 15) is 14.7 Å². The number of likely N-dealkylation sites (tertiary alicyclic amines) is 1. The van der Waals surface area contributed by atoms with Crippen LogP contribution < -0.4 is 5.32 Å². The number of hydrogen-bond acceptors (Lipinski definition) is 4. The minimum Gasteiger partial charge on any atom is -0.465 e. The van der Waals surface area contributed by atoms with Gasteiger partial charge in [0.25, 0.3) is 0 Å². The Hall–Kier alpha value is -3.81. The molecule has 1 aliphatic rings. The van der Waals surface area contributed by atoms with Crippen LogP contribution in [-0.4, -0.2) is 38.3 Å². The van der Waals surface area contributed by atoms with E-state index in [1.54, 1.807) is 6.20 Å². The van der Waals surface area contributed by atoms with Gasteiger partial charge in [0.1, 0.15) is 12.4 Å². The largest absolute Gasteiger partial charge is 0.465 e. The Balaban J connectivity index is 1.47. The van der Waals surface area contributed by atoms with Gasteiger partial charge < -0.3 is 19.7 Å². The first-order valence-corrected chi connectivity index (χ1v) is 10.2. The van der Waals surface area contributed by atoms with Gasteiger partial charge in [-0.3, -0.25) is 4.90 Å². The third-order valence-electron chi connectivity index (χ3n) is 5.35. The van der Waals surface area contributed by atoms with Crippen LogP contribution in [0.5, 0.6) is 0 Å². The molecule has 1 atom stereocenters. The number of aromatic nitrogens is 2. The highest BCUT2D eigenvalue weighted by molar-refractivity contribution is 5.67. The number of benzene rings is 2. The second-order valence-corrected chi connectivity index (χ2v) is 7.33. The summed E-state index contributed by atoms with van der Waals surface area (Å²) in [5.41, 5.74) is 2.63. The molecule has 0 unspecified atom stereocenters. The van der Waals surface area contributed by atoms with E-state index in [4.69, 9.17) is 4.74 Å². The molecule has 1 saturated heterocycles. The highest BCUT2D eigenvalue weighted by Crippen LogP contribution is 2.32. The van der Waals surface area contributed by atoms with Gasteiger partial charge in [0, 0.05) is 25.5 Å². The van der Waals surface area contributed by atoms with Gasteiger partial charge in [0.15, 0.2) is 0 Å². The van der Waals surface area contributed by atoms with E-state index in [1.807, 2.05) is 65.4 Å². The number of para-hydroxylation sites is 1. The molecule has 4 rings (SSSR count). The fraction of sp³-hybridized carbons (Fsp3) is 0.261. The number of carbonyl (C=O) groups excluding carboxylic acids is 1. The van der Waals surface area contributed by atoms with E-state index in [2.05, 4.69) is 10.3 Å². The van der Waals surface area contributed by atoms with Crippen molar-refractivity contribution in [3.8, 4) is 5.69 Å². The van der Waals surface area contributed by atoms with E-state index >= 15 is 0 Å². The highest BCUT2D eigenvalue weighted by atomic mass is 16.5. The van der Waals surface area contributed by atoms with E-state index in [0.29, 0.717) is 12.4 Å². The molecule has 2 aromatic carbocycles. The number of alkyl carbamates (subject to hydrolysis) is 1. The predicted molar refractivity (Wildman–Crippen MR) is 114 cm³/mol. The molecule has 3 aromatic rings. The summed E-state index contributed by atoms with van der Waals surface area (Å²) in [6.45, 7) is 0.977. The summed E-state index contributed by atoms with van der Waals surface area (Å²) in [5.74, 6) is 0.680. The molecule has 0 radical (unpaired) electrons.